The Balaban J connectivity index is 0.000000845. The van der Waals surface area contributed by atoms with Gasteiger partial charge in [-0.25, -0.2) is 0 Å². The lowest BCUT2D eigenvalue weighted by molar-refractivity contribution is 1.49. The van der Waals surface area contributed by atoms with Gasteiger partial charge in [0.25, 0.3) is 0 Å². The summed E-state index contributed by atoms with van der Waals surface area (Å²) in [5.41, 5.74) is 1.33. The van der Waals surface area contributed by atoms with E-state index in [1.165, 1.54) is 19.9 Å². The van der Waals surface area contributed by atoms with Gasteiger partial charge in [-0.05, 0) is 51.9 Å². The van der Waals surface area contributed by atoms with Gasteiger partial charge >= 0.3 is 0 Å². The van der Waals surface area contributed by atoms with Crippen LogP contribution in [0.15, 0.2) is 36.4 Å². The van der Waals surface area contributed by atoms with Gasteiger partial charge in [-0.1, -0.05) is 30.3 Å². The topological polar surface area (TPSA) is 35.0 Å². The fourth-order valence-corrected chi connectivity index (χ4v) is 2.39. The highest BCUT2D eigenvalue weighted by Gasteiger charge is 1.97. The van der Waals surface area contributed by atoms with Crippen molar-refractivity contribution in [3.05, 3.63) is 45.5 Å². The van der Waals surface area contributed by atoms with Crippen molar-refractivity contribution in [2.24, 2.45) is 0 Å². The van der Waals surface area contributed by atoms with Crippen LogP contribution >= 0.6 is 22.6 Å². The normalized spacial score (nSPS) is 9.69. The molecule has 0 amide bonds. The van der Waals surface area contributed by atoms with Crippen molar-refractivity contribution in [1.82, 2.24) is 6.15 Å². The summed E-state index contributed by atoms with van der Waals surface area (Å²) >= 11 is 2.38. The number of hydrogen-bond donors (Lipinski definition) is 1. The molecule has 0 atom stereocenters. The minimum Gasteiger partial charge on any atom is -0.344 e. The lowest BCUT2D eigenvalue weighted by Gasteiger charge is -2.01. The van der Waals surface area contributed by atoms with E-state index in [4.69, 9.17) is 0 Å². The fraction of sp³-hybridized carbons (Fsp3) is 0.0909. The van der Waals surface area contributed by atoms with E-state index in [0.717, 1.165) is 0 Å². The van der Waals surface area contributed by atoms with Crippen LogP contribution in [-0.4, -0.2) is 0 Å². The molecule has 2 heteroatoms. The van der Waals surface area contributed by atoms with E-state index < -0.39 is 0 Å². The van der Waals surface area contributed by atoms with Gasteiger partial charge in [0.2, 0.25) is 0 Å². The van der Waals surface area contributed by atoms with Crippen molar-refractivity contribution < 1.29 is 0 Å². The van der Waals surface area contributed by atoms with Crippen molar-refractivity contribution in [2.45, 2.75) is 6.92 Å². The summed E-state index contributed by atoms with van der Waals surface area (Å²) in [5.74, 6) is 0. The second-order valence-corrected chi connectivity index (χ2v) is 4.13. The minimum absolute atomic E-state index is 0. The Labute approximate surface area is 91.9 Å². The Morgan fingerprint density at radius 2 is 1.77 bits per heavy atom. The quantitative estimate of drug-likeness (QED) is 0.732. The third kappa shape index (κ3) is 2.00. The average molecular weight is 285 g/mol. The average Bonchev–Trinajstić information content (AvgIpc) is 2.04. The van der Waals surface area contributed by atoms with E-state index in [1.54, 1.807) is 0 Å². The molecule has 0 spiro atoms. The van der Waals surface area contributed by atoms with Crippen LogP contribution in [0.4, 0.5) is 0 Å². The SMILES string of the molecule is Cc1cc(I)c2ccccc2c1.N. The zero-order chi connectivity index (χ0) is 8.55. The van der Waals surface area contributed by atoms with Gasteiger partial charge in [0, 0.05) is 3.57 Å². The standard InChI is InChI=1S/C11H9I.H3N/c1-8-6-9-4-2-3-5-10(9)11(12)7-8;/h2-7H,1H3;1H3. The monoisotopic (exact) mass is 285 g/mol. The molecule has 0 aliphatic carbocycles. The van der Waals surface area contributed by atoms with Crippen molar-refractivity contribution in [2.75, 3.05) is 0 Å². The molecule has 0 radical (unpaired) electrons. The van der Waals surface area contributed by atoms with Crippen LogP contribution in [-0.2, 0) is 0 Å². The van der Waals surface area contributed by atoms with Gasteiger partial charge in [0.1, 0.15) is 0 Å². The molecule has 0 bridgehead atoms. The molecule has 0 aliphatic heterocycles. The Kier molecular flexibility index (Phi) is 3.27. The Bertz CT molecular complexity index is 423. The molecule has 0 heterocycles. The van der Waals surface area contributed by atoms with E-state index in [9.17, 15) is 0 Å². The Morgan fingerprint density at radius 3 is 2.54 bits per heavy atom. The molecule has 68 valence electrons. The lowest BCUT2D eigenvalue weighted by atomic mass is 10.1. The number of aryl methyl sites for hydroxylation is 1. The van der Waals surface area contributed by atoms with Gasteiger partial charge in [0.15, 0.2) is 0 Å². The van der Waals surface area contributed by atoms with Crippen LogP contribution in [0.25, 0.3) is 10.8 Å². The number of halogens is 1. The first-order valence-corrected chi connectivity index (χ1v) is 5.00. The molecule has 0 saturated heterocycles. The maximum atomic E-state index is 2.38. The second kappa shape index (κ2) is 4.07. The predicted molar refractivity (Wildman–Crippen MR) is 66.4 cm³/mol. The molecular weight excluding hydrogens is 273 g/mol. The predicted octanol–water partition coefficient (Wildman–Crippen LogP) is 3.91. The number of rotatable bonds is 0. The van der Waals surface area contributed by atoms with Crippen LogP contribution < -0.4 is 6.15 Å². The molecule has 0 saturated carbocycles. The summed E-state index contributed by atoms with van der Waals surface area (Å²) in [6.07, 6.45) is 0. The van der Waals surface area contributed by atoms with Crippen molar-refractivity contribution in [3.8, 4) is 0 Å². The third-order valence-corrected chi connectivity index (χ3v) is 2.85. The van der Waals surface area contributed by atoms with E-state index >= 15 is 0 Å². The molecule has 13 heavy (non-hydrogen) atoms. The van der Waals surface area contributed by atoms with Crippen LogP contribution in [0, 0.1) is 10.5 Å². The largest absolute Gasteiger partial charge is 0.344 e. The van der Waals surface area contributed by atoms with Gasteiger partial charge in [-0.3, -0.25) is 0 Å². The number of hydrogen-bond acceptors (Lipinski definition) is 1. The van der Waals surface area contributed by atoms with Gasteiger partial charge in [-0.2, -0.15) is 0 Å². The first kappa shape index (κ1) is 10.5. The summed E-state index contributed by atoms with van der Waals surface area (Å²) < 4.78 is 1.34. The molecule has 2 aromatic carbocycles. The fourth-order valence-electron chi connectivity index (χ4n) is 1.40. The number of benzene rings is 2. The highest BCUT2D eigenvalue weighted by molar-refractivity contribution is 14.1. The molecule has 0 unspecified atom stereocenters. The molecule has 2 rings (SSSR count). The van der Waals surface area contributed by atoms with Crippen molar-refractivity contribution >= 4 is 33.4 Å². The highest BCUT2D eigenvalue weighted by Crippen LogP contribution is 2.21. The molecular formula is C11H12IN. The van der Waals surface area contributed by atoms with Gasteiger partial charge < -0.3 is 6.15 Å². The summed E-state index contributed by atoms with van der Waals surface area (Å²) in [5, 5.41) is 2.69. The van der Waals surface area contributed by atoms with Crippen LogP contribution in [0.2, 0.25) is 0 Å². The zero-order valence-corrected chi connectivity index (χ0v) is 9.71. The van der Waals surface area contributed by atoms with E-state index in [1.807, 2.05) is 0 Å². The van der Waals surface area contributed by atoms with E-state index in [-0.39, 0.29) is 6.15 Å². The molecule has 2 aromatic rings. The summed E-state index contributed by atoms with van der Waals surface area (Å²) in [6.45, 7) is 2.13. The van der Waals surface area contributed by atoms with E-state index in [0.29, 0.717) is 0 Å². The summed E-state index contributed by atoms with van der Waals surface area (Å²) in [7, 11) is 0. The van der Waals surface area contributed by atoms with Crippen LogP contribution in [0.3, 0.4) is 0 Å². The smallest absolute Gasteiger partial charge is 0.0211 e. The minimum atomic E-state index is 0. The molecule has 1 nitrogen and oxygen atoms in total. The van der Waals surface area contributed by atoms with Crippen molar-refractivity contribution in [3.63, 3.8) is 0 Å². The van der Waals surface area contributed by atoms with Crippen LogP contribution in [0.5, 0.6) is 0 Å². The van der Waals surface area contributed by atoms with Gasteiger partial charge in [0.05, 0.1) is 0 Å². The first-order chi connectivity index (χ1) is 5.77. The Morgan fingerprint density at radius 1 is 1.08 bits per heavy atom. The van der Waals surface area contributed by atoms with Crippen molar-refractivity contribution in [1.29, 1.82) is 0 Å². The summed E-state index contributed by atoms with van der Waals surface area (Å²) in [4.78, 5) is 0. The lowest BCUT2D eigenvalue weighted by Crippen LogP contribution is -1.79. The zero-order valence-electron chi connectivity index (χ0n) is 7.55. The highest BCUT2D eigenvalue weighted by atomic mass is 127. The Hall–Kier alpha value is -0.610. The maximum Gasteiger partial charge on any atom is 0.0211 e. The maximum absolute atomic E-state index is 2.38. The number of fused-ring (bicyclic) bond motifs is 1. The molecule has 0 aromatic heterocycles. The second-order valence-electron chi connectivity index (χ2n) is 2.97. The first-order valence-electron chi connectivity index (χ1n) is 3.92. The molecule has 3 N–H and O–H groups in total. The third-order valence-electron chi connectivity index (χ3n) is 1.96. The van der Waals surface area contributed by atoms with E-state index in [2.05, 4.69) is 65.9 Å². The van der Waals surface area contributed by atoms with Crippen LogP contribution in [0.1, 0.15) is 5.56 Å². The molecule has 0 fully saturated rings. The summed E-state index contributed by atoms with van der Waals surface area (Å²) in [6, 6.07) is 12.9. The van der Waals surface area contributed by atoms with Gasteiger partial charge in [-0.15, -0.1) is 0 Å². The molecule has 0 aliphatic rings.